The van der Waals surface area contributed by atoms with Crippen molar-refractivity contribution in [1.82, 2.24) is 4.90 Å². The summed E-state index contributed by atoms with van der Waals surface area (Å²) in [5.74, 6) is 1.85. The molecule has 3 aromatic carbocycles. The Morgan fingerprint density at radius 1 is 0.971 bits per heavy atom. The summed E-state index contributed by atoms with van der Waals surface area (Å²) in [6.07, 6.45) is 0.743. The first-order valence-corrected chi connectivity index (χ1v) is 11.8. The molecule has 8 heteroatoms. The van der Waals surface area contributed by atoms with Crippen molar-refractivity contribution < 1.29 is 18.6 Å². The molecule has 35 heavy (non-hydrogen) atoms. The molecule has 0 atom stereocenters. The largest absolute Gasteiger partial charge is 0.493 e. The van der Waals surface area contributed by atoms with Crippen molar-refractivity contribution in [2.45, 2.75) is 13.0 Å². The fourth-order valence-electron chi connectivity index (χ4n) is 4.29. The second kappa shape index (κ2) is 9.82. The minimum atomic E-state index is -0.428. The molecule has 1 aromatic heterocycles. The van der Waals surface area contributed by atoms with E-state index in [1.54, 1.807) is 32.4 Å². The number of methoxy groups -OCH3 is 2. The Labute approximate surface area is 212 Å². The van der Waals surface area contributed by atoms with Gasteiger partial charge in [0.05, 0.1) is 25.3 Å². The molecule has 0 amide bonds. The molecule has 0 saturated carbocycles. The third kappa shape index (κ3) is 4.69. The summed E-state index contributed by atoms with van der Waals surface area (Å²) in [6, 6.07) is 16.5. The standard InChI is InChI=1S/C27H23Cl2NO5/c1-32-24-8-4-17(12-25(24)33-2)20-11-18-5-7-23-21(26(18)35-27(20)31)14-30(15-34-23)10-9-16-3-6-19(28)13-22(16)29/h3-8,11-13H,9-10,14-15H2,1-2H3. The van der Waals surface area contributed by atoms with Gasteiger partial charge < -0.3 is 18.6 Å². The van der Waals surface area contributed by atoms with E-state index in [2.05, 4.69) is 4.90 Å². The lowest BCUT2D eigenvalue weighted by atomic mass is 10.0. The summed E-state index contributed by atoms with van der Waals surface area (Å²) in [5.41, 5.74) is 3.12. The number of ether oxygens (including phenoxy) is 3. The van der Waals surface area contributed by atoms with Crippen molar-refractivity contribution in [2.24, 2.45) is 0 Å². The summed E-state index contributed by atoms with van der Waals surface area (Å²) >= 11 is 12.3. The van der Waals surface area contributed by atoms with E-state index in [9.17, 15) is 4.79 Å². The Balaban J connectivity index is 1.44. The first-order chi connectivity index (χ1) is 17.0. The summed E-state index contributed by atoms with van der Waals surface area (Å²) in [5, 5.41) is 2.08. The maximum atomic E-state index is 13.0. The number of benzene rings is 3. The van der Waals surface area contributed by atoms with Crippen molar-refractivity contribution >= 4 is 34.2 Å². The van der Waals surface area contributed by atoms with E-state index in [1.165, 1.54) is 0 Å². The average molecular weight is 512 g/mol. The topological polar surface area (TPSA) is 61.1 Å². The average Bonchev–Trinajstić information content (AvgIpc) is 2.87. The number of nitrogens with zero attached hydrogens (tertiary/aromatic N) is 1. The zero-order chi connectivity index (χ0) is 24.5. The molecule has 2 heterocycles. The Morgan fingerprint density at radius 3 is 2.57 bits per heavy atom. The van der Waals surface area contributed by atoms with Gasteiger partial charge in [0, 0.05) is 28.5 Å². The fraction of sp³-hybridized carbons (Fsp3) is 0.222. The number of hydrogen-bond donors (Lipinski definition) is 0. The molecule has 0 spiro atoms. The number of hydrogen-bond acceptors (Lipinski definition) is 6. The van der Waals surface area contributed by atoms with Gasteiger partial charge in [0.2, 0.25) is 0 Å². The monoisotopic (exact) mass is 511 g/mol. The molecule has 0 bridgehead atoms. The molecule has 0 fully saturated rings. The summed E-state index contributed by atoms with van der Waals surface area (Å²) in [4.78, 5) is 15.2. The van der Waals surface area contributed by atoms with Crippen LogP contribution in [-0.2, 0) is 13.0 Å². The first-order valence-electron chi connectivity index (χ1n) is 11.1. The van der Waals surface area contributed by atoms with Gasteiger partial charge in [-0.15, -0.1) is 0 Å². The Morgan fingerprint density at radius 2 is 1.80 bits per heavy atom. The SMILES string of the molecule is COc1ccc(-c2cc3ccc4c(c3oc2=O)CN(CCc2ccc(Cl)cc2Cl)CO4)cc1OC. The molecular weight excluding hydrogens is 489 g/mol. The third-order valence-electron chi connectivity index (χ3n) is 6.15. The lowest BCUT2D eigenvalue weighted by molar-refractivity contribution is 0.0968. The second-order valence-corrected chi connectivity index (χ2v) is 9.13. The Bertz CT molecular complexity index is 1470. The molecule has 0 radical (unpaired) electrons. The van der Waals surface area contributed by atoms with Crippen LogP contribution in [0.2, 0.25) is 10.0 Å². The minimum absolute atomic E-state index is 0.428. The van der Waals surface area contributed by atoms with Gasteiger partial charge >= 0.3 is 5.63 Å². The zero-order valence-corrected chi connectivity index (χ0v) is 20.8. The van der Waals surface area contributed by atoms with E-state index in [-0.39, 0.29) is 0 Å². The van der Waals surface area contributed by atoms with Crippen molar-refractivity contribution in [2.75, 3.05) is 27.5 Å². The van der Waals surface area contributed by atoms with Crippen LogP contribution in [0, 0.1) is 0 Å². The summed E-state index contributed by atoms with van der Waals surface area (Å²) in [6.45, 7) is 1.76. The lowest BCUT2D eigenvalue weighted by Crippen LogP contribution is -2.33. The lowest BCUT2D eigenvalue weighted by Gasteiger charge is -2.29. The molecule has 0 unspecified atom stereocenters. The zero-order valence-electron chi connectivity index (χ0n) is 19.3. The van der Waals surface area contributed by atoms with Crippen molar-refractivity contribution in [3.63, 3.8) is 0 Å². The summed E-state index contributed by atoms with van der Waals surface area (Å²) < 4.78 is 22.5. The van der Waals surface area contributed by atoms with E-state index >= 15 is 0 Å². The third-order valence-corrected chi connectivity index (χ3v) is 6.74. The number of rotatable bonds is 6. The molecule has 0 N–H and O–H groups in total. The highest BCUT2D eigenvalue weighted by Crippen LogP contribution is 2.35. The van der Waals surface area contributed by atoms with Crippen molar-refractivity contribution in [3.8, 4) is 28.4 Å². The molecule has 6 nitrogen and oxygen atoms in total. The van der Waals surface area contributed by atoms with Crippen molar-refractivity contribution in [3.05, 3.63) is 86.2 Å². The Kier molecular flexibility index (Phi) is 6.60. The quantitative estimate of drug-likeness (QED) is 0.288. The Hall–Kier alpha value is -3.19. The van der Waals surface area contributed by atoms with Gasteiger partial charge in [-0.05, 0) is 60.0 Å². The minimum Gasteiger partial charge on any atom is -0.493 e. The second-order valence-electron chi connectivity index (χ2n) is 8.29. The molecule has 180 valence electrons. The van der Waals surface area contributed by atoms with Gasteiger partial charge in [-0.1, -0.05) is 35.3 Å². The van der Waals surface area contributed by atoms with Crippen LogP contribution in [0.5, 0.6) is 17.2 Å². The van der Waals surface area contributed by atoms with E-state index in [4.69, 9.17) is 41.8 Å². The highest BCUT2D eigenvalue weighted by atomic mass is 35.5. The van der Waals surface area contributed by atoms with Crippen LogP contribution < -0.4 is 19.8 Å². The van der Waals surface area contributed by atoms with Crippen molar-refractivity contribution in [1.29, 1.82) is 0 Å². The van der Waals surface area contributed by atoms with Crippen LogP contribution in [0.25, 0.3) is 22.1 Å². The molecule has 1 aliphatic heterocycles. The van der Waals surface area contributed by atoms with Gasteiger partial charge in [-0.3, -0.25) is 4.90 Å². The van der Waals surface area contributed by atoms with Crippen LogP contribution in [0.3, 0.4) is 0 Å². The van der Waals surface area contributed by atoms with Gasteiger partial charge in [0.1, 0.15) is 18.1 Å². The van der Waals surface area contributed by atoms with Crippen LogP contribution in [-0.4, -0.2) is 32.4 Å². The number of fused-ring (bicyclic) bond motifs is 3. The normalized spacial score (nSPS) is 13.4. The van der Waals surface area contributed by atoms with E-state index < -0.39 is 5.63 Å². The van der Waals surface area contributed by atoms with Gasteiger partial charge in [0.15, 0.2) is 11.5 Å². The smallest absolute Gasteiger partial charge is 0.344 e. The molecule has 1 aliphatic rings. The fourth-order valence-corrected chi connectivity index (χ4v) is 4.79. The molecular formula is C27H23Cl2NO5. The maximum Gasteiger partial charge on any atom is 0.344 e. The van der Waals surface area contributed by atoms with E-state index in [0.717, 1.165) is 35.2 Å². The summed E-state index contributed by atoms with van der Waals surface area (Å²) in [7, 11) is 3.13. The molecule has 5 rings (SSSR count). The highest BCUT2D eigenvalue weighted by Gasteiger charge is 2.22. The van der Waals surface area contributed by atoms with Crippen LogP contribution in [0.15, 0.2) is 63.8 Å². The van der Waals surface area contributed by atoms with E-state index in [0.29, 0.717) is 51.5 Å². The predicted octanol–water partition coefficient (Wildman–Crippen LogP) is 6.18. The van der Waals surface area contributed by atoms with Gasteiger partial charge in [-0.25, -0.2) is 4.79 Å². The molecule has 4 aromatic rings. The van der Waals surface area contributed by atoms with E-state index in [1.807, 2.05) is 36.4 Å². The first kappa shape index (κ1) is 23.5. The highest BCUT2D eigenvalue weighted by molar-refractivity contribution is 6.35. The number of halogens is 2. The maximum absolute atomic E-state index is 13.0. The van der Waals surface area contributed by atoms with Gasteiger partial charge in [-0.2, -0.15) is 0 Å². The van der Waals surface area contributed by atoms with Crippen LogP contribution >= 0.6 is 23.2 Å². The van der Waals surface area contributed by atoms with Gasteiger partial charge in [0.25, 0.3) is 0 Å². The predicted molar refractivity (Wildman–Crippen MR) is 137 cm³/mol. The molecule has 0 aliphatic carbocycles. The molecule has 0 saturated heterocycles. The van der Waals surface area contributed by atoms with Crippen LogP contribution in [0.1, 0.15) is 11.1 Å². The van der Waals surface area contributed by atoms with Crippen LogP contribution in [0.4, 0.5) is 0 Å².